The number of benzene rings is 1. The minimum absolute atomic E-state index is 0.106. The van der Waals surface area contributed by atoms with Crippen LogP contribution >= 0.6 is 11.3 Å². The number of rotatable bonds is 3. The number of nitro groups is 1. The third kappa shape index (κ3) is 2.59. The fourth-order valence-electron chi connectivity index (χ4n) is 1.54. The third-order valence-electron chi connectivity index (χ3n) is 2.42. The first-order chi connectivity index (χ1) is 8.06. The van der Waals surface area contributed by atoms with Crippen molar-refractivity contribution in [1.29, 1.82) is 0 Å². The van der Waals surface area contributed by atoms with Gasteiger partial charge in [-0.15, -0.1) is 11.3 Å². The lowest BCUT2D eigenvalue weighted by Gasteiger charge is -1.99. The second-order valence-corrected chi connectivity index (χ2v) is 4.78. The minimum Gasteiger partial charge on any atom is -0.375 e. The lowest BCUT2D eigenvalue weighted by molar-refractivity contribution is -0.384. The average molecular weight is 249 g/mol. The summed E-state index contributed by atoms with van der Waals surface area (Å²) < 4.78 is 0. The SMILES string of the molecule is Cc1nc(N)sc1Cc1ccc([N+](=O)[O-])cc1. The van der Waals surface area contributed by atoms with Crippen molar-refractivity contribution in [2.24, 2.45) is 0 Å². The van der Waals surface area contributed by atoms with Gasteiger partial charge in [0.25, 0.3) is 5.69 Å². The molecule has 1 aromatic heterocycles. The largest absolute Gasteiger partial charge is 0.375 e. The number of nitro benzene ring substituents is 1. The van der Waals surface area contributed by atoms with Gasteiger partial charge in [0.2, 0.25) is 0 Å². The molecule has 0 amide bonds. The predicted octanol–water partition coefficient (Wildman–Crippen LogP) is 2.53. The molecule has 0 spiro atoms. The van der Waals surface area contributed by atoms with Gasteiger partial charge in [-0.3, -0.25) is 10.1 Å². The van der Waals surface area contributed by atoms with Crippen molar-refractivity contribution in [2.45, 2.75) is 13.3 Å². The van der Waals surface area contributed by atoms with Crippen LogP contribution in [0.15, 0.2) is 24.3 Å². The molecule has 1 aromatic carbocycles. The standard InChI is InChI=1S/C11H11N3O2S/c1-7-10(17-11(12)13-7)6-8-2-4-9(5-3-8)14(15)16/h2-5H,6H2,1H3,(H2,12,13). The van der Waals surface area contributed by atoms with E-state index in [1.165, 1.54) is 23.5 Å². The molecular formula is C11H11N3O2S. The van der Waals surface area contributed by atoms with E-state index in [0.29, 0.717) is 11.6 Å². The van der Waals surface area contributed by atoms with Crippen LogP contribution in [0.3, 0.4) is 0 Å². The average Bonchev–Trinajstić information content (AvgIpc) is 2.58. The first-order valence-electron chi connectivity index (χ1n) is 5.01. The van der Waals surface area contributed by atoms with Crippen LogP contribution in [0.5, 0.6) is 0 Å². The Morgan fingerprint density at radius 1 is 1.41 bits per heavy atom. The highest BCUT2D eigenvalue weighted by Gasteiger charge is 2.08. The molecule has 0 radical (unpaired) electrons. The van der Waals surface area contributed by atoms with Crippen molar-refractivity contribution in [3.63, 3.8) is 0 Å². The molecule has 0 aliphatic rings. The second-order valence-electron chi connectivity index (χ2n) is 3.66. The molecule has 17 heavy (non-hydrogen) atoms. The molecule has 0 fully saturated rings. The number of hydrogen-bond acceptors (Lipinski definition) is 5. The summed E-state index contributed by atoms with van der Waals surface area (Å²) in [6.45, 7) is 1.91. The van der Waals surface area contributed by atoms with Crippen molar-refractivity contribution < 1.29 is 4.92 Å². The van der Waals surface area contributed by atoms with E-state index in [9.17, 15) is 10.1 Å². The van der Waals surface area contributed by atoms with Gasteiger partial charge in [0.1, 0.15) is 0 Å². The Labute approximate surface area is 102 Å². The molecule has 0 unspecified atom stereocenters. The van der Waals surface area contributed by atoms with Crippen LogP contribution in [-0.2, 0) is 6.42 Å². The number of anilines is 1. The maximum absolute atomic E-state index is 10.5. The number of aromatic nitrogens is 1. The number of nitrogens with two attached hydrogens (primary N) is 1. The Morgan fingerprint density at radius 3 is 2.53 bits per heavy atom. The first-order valence-corrected chi connectivity index (χ1v) is 5.83. The molecule has 0 aliphatic carbocycles. The highest BCUT2D eigenvalue weighted by Crippen LogP contribution is 2.23. The van der Waals surface area contributed by atoms with E-state index in [0.717, 1.165) is 16.1 Å². The minimum atomic E-state index is -0.403. The van der Waals surface area contributed by atoms with Crippen LogP contribution in [0.25, 0.3) is 0 Å². The fraction of sp³-hybridized carbons (Fsp3) is 0.182. The van der Waals surface area contributed by atoms with Gasteiger partial charge in [0, 0.05) is 23.4 Å². The summed E-state index contributed by atoms with van der Waals surface area (Å²) in [5.41, 5.74) is 7.66. The molecule has 0 saturated heterocycles. The highest BCUT2D eigenvalue weighted by atomic mass is 32.1. The van der Waals surface area contributed by atoms with E-state index in [4.69, 9.17) is 5.73 Å². The number of hydrogen-bond donors (Lipinski definition) is 1. The fourth-order valence-corrected chi connectivity index (χ4v) is 2.40. The highest BCUT2D eigenvalue weighted by molar-refractivity contribution is 7.15. The molecule has 0 saturated carbocycles. The Hall–Kier alpha value is -1.95. The van der Waals surface area contributed by atoms with Crippen molar-refractivity contribution in [3.8, 4) is 0 Å². The maximum Gasteiger partial charge on any atom is 0.269 e. The molecule has 6 heteroatoms. The van der Waals surface area contributed by atoms with E-state index >= 15 is 0 Å². The number of thiazole rings is 1. The van der Waals surface area contributed by atoms with E-state index in [-0.39, 0.29) is 5.69 Å². The van der Waals surface area contributed by atoms with Crippen molar-refractivity contribution >= 4 is 22.2 Å². The Bertz CT molecular complexity index is 548. The normalized spacial score (nSPS) is 10.4. The summed E-state index contributed by atoms with van der Waals surface area (Å²) in [4.78, 5) is 15.3. The number of nitrogen functional groups attached to an aromatic ring is 1. The van der Waals surface area contributed by atoms with Crippen LogP contribution in [-0.4, -0.2) is 9.91 Å². The smallest absolute Gasteiger partial charge is 0.269 e. The second kappa shape index (κ2) is 4.50. The van der Waals surface area contributed by atoms with E-state index < -0.39 is 4.92 Å². The van der Waals surface area contributed by atoms with Gasteiger partial charge in [0.15, 0.2) is 5.13 Å². The topological polar surface area (TPSA) is 82.0 Å². The predicted molar refractivity (Wildman–Crippen MR) is 67.2 cm³/mol. The van der Waals surface area contributed by atoms with Crippen molar-refractivity contribution in [2.75, 3.05) is 5.73 Å². The molecule has 2 N–H and O–H groups in total. The Kier molecular flexibility index (Phi) is 3.06. The number of aryl methyl sites for hydroxylation is 1. The molecule has 0 atom stereocenters. The molecule has 1 heterocycles. The number of nitrogens with zero attached hydrogens (tertiary/aromatic N) is 2. The van der Waals surface area contributed by atoms with E-state index in [1.54, 1.807) is 12.1 Å². The van der Waals surface area contributed by atoms with Crippen molar-refractivity contribution in [3.05, 3.63) is 50.5 Å². The van der Waals surface area contributed by atoms with Crippen LogP contribution in [0.1, 0.15) is 16.1 Å². The van der Waals surface area contributed by atoms with Crippen LogP contribution in [0, 0.1) is 17.0 Å². The van der Waals surface area contributed by atoms with Gasteiger partial charge < -0.3 is 5.73 Å². The van der Waals surface area contributed by atoms with E-state index in [2.05, 4.69) is 4.98 Å². The zero-order valence-corrected chi connectivity index (χ0v) is 10.0. The van der Waals surface area contributed by atoms with E-state index in [1.807, 2.05) is 6.92 Å². The molecule has 88 valence electrons. The lowest BCUT2D eigenvalue weighted by Crippen LogP contribution is -1.90. The monoisotopic (exact) mass is 249 g/mol. The van der Waals surface area contributed by atoms with Crippen LogP contribution in [0.4, 0.5) is 10.8 Å². The Morgan fingerprint density at radius 2 is 2.06 bits per heavy atom. The summed E-state index contributed by atoms with van der Waals surface area (Å²) in [5.74, 6) is 0. The summed E-state index contributed by atoms with van der Waals surface area (Å²) in [6.07, 6.45) is 0.707. The molecule has 0 bridgehead atoms. The van der Waals surface area contributed by atoms with Gasteiger partial charge in [-0.1, -0.05) is 12.1 Å². The Balaban J connectivity index is 2.19. The summed E-state index contributed by atoms with van der Waals surface area (Å²) >= 11 is 1.45. The quantitative estimate of drug-likeness (QED) is 0.669. The van der Waals surface area contributed by atoms with Crippen LogP contribution in [0.2, 0.25) is 0 Å². The lowest BCUT2D eigenvalue weighted by atomic mass is 10.1. The van der Waals surface area contributed by atoms with Crippen molar-refractivity contribution in [1.82, 2.24) is 4.98 Å². The summed E-state index contributed by atoms with van der Waals surface area (Å²) in [7, 11) is 0. The molecular weight excluding hydrogens is 238 g/mol. The molecule has 5 nitrogen and oxygen atoms in total. The van der Waals surface area contributed by atoms with Crippen LogP contribution < -0.4 is 5.73 Å². The maximum atomic E-state index is 10.5. The zero-order valence-electron chi connectivity index (χ0n) is 9.21. The summed E-state index contributed by atoms with van der Waals surface area (Å²) in [6, 6.07) is 6.53. The molecule has 2 rings (SSSR count). The summed E-state index contributed by atoms with van der Waals surface area (Å²) in [5, 5.41) is 11.1. The first kappa shape index (κ1) is 11.5. The van der Waals surface area contributed by atoms with Gasteiger partial charge >= 0.3 is 0 Å². The van der Waals surface area contributed by atoms with Gasteiger partial charge in [0.05, 0.1) is 10.6 Å². The van der Waals surface area contributed by atoms with Gasteiger partial charge in [-0.2, -0.15) is 0 Å². The number of non-ortho nitro benzene ring substituents is 1. The van der Waals surface area contributed by atoms with Gasteiger partial charge in [-0.25, -0.2) is 4.98 Å². The molecule has 0 aliphatic heterocycles. The molecule has 2 aromatic rings. The van der Waals surface area contributed by atoms with Gasteiger partial charge in [-0.05, 0) is 12.5 Å². The zero-order chi connectivity index (χ0) is 12.4. The third-order valence-corrected chi connectivity index (χ3v) is 3.41.